The summed E-state index contributed by atoms with van der Waals surface area (Å²) in [6, 6.07) is -3.49. The highest BCUT2D eigenvalue weighted by atomic mass is 35.5. The summed E-state index contributed by atoms with van der Waals surface area (Å²) in [5.74, 6) is -0.165. The number of ether oxygens (including phenoxy) is 1. The Labute approximate surface area is 385 Å². The van der Waals surface area contributed by atoms with Crippen molar-refractivity contribution < 1.29 is 38.9 Å². The minimum Gasteiger partial charge on any atom is -0.469 e. The number of carbonyl (C=O) groups excluding carboxylic acids is 5. The van der Waals surface area contributed by atoms with Crippen LogP contribution in [0.25, 0.3) is 0 Å². The second-order valence-electron chi connectivity index (χ2n) is 22.5. The van der Waals surface area contributed by atoms with E-state index in [0.29, 0.717) is 51.4 Å². The Kier molecular flexibility index (Phi) is 20.3. The van der Waals surface area contributed by atoms with Crippen molar-refractivity contribution in [2.24, 2.45) is 75.7 Å². The van der Waals surface area contributed by atoms with E-state index in [9.17, 15) is 34.2 Å². The first-order valence-electron chi connectivity index (χ1n) is 24.3. The normalized spacial score (nSPS) is 32.6. The van der Waals surface area contributed by atoms with Gasteiger partial charge in [0.25, 0.3) is 0 Å². The number of hydrogen-bond acceptors (Lipinski definition) is 9. The maximum Gasteiger partial charge on any atom is 0.305 e. The molecule has 13 nitrogen and oxygen atoms in total. The van der Waals surface area contributed by atoms with Crippen molar-refractivity contribution >= 4 is 42.0 Å². The first kappa shape index (κ1) is 54.9. The van der Waals surface area contributed by atoms with Crippen LogP contribution in [0.2, 0.25) is 0 Å². The minimum atomic E-state index is -0.918. The molecule has 364 valence electrons. The largest absolute Gasteiger partial charge is 0.469 e. The summed E-state index contributed by atoms with van der Waals surface area (Å²) in [5, 5.41) is 36.1. The molecule has 0 aromatic rings. The number of nitrogens with one attached hydrogen (secondary N) is 4. The third kappa shape index (κ3) is 13.3. The molecule has 8 unspecified atom stereocenters. The number of rotatable bonds is 20. The standard InChI is InChI=1S/C49H87N5O8.ClH/c1-26(2)19-36(50)44(58)52-38(21-28(5)6)46(60)54-39(22-29(7)8)47(61)53-37(20-27(3)4)45(59)51-32-17-18-48(10)31(23-32)24-40(55)43-34-15-14-33(30(9)13-16-42(57)62-12)49(34,11)41(56)25-35(43)48;/h26-41,43,55-56H,13-25,50H2,1-12H3,(H,51,59)(H,52,58)(H,53,61)(H,54,60);1H/t30?,31-,32-,33+,34?,35?,36?,37?,38?,39?,40+,41-,43?,48-,49+;/m0./s1. The Bertz CT molecular complexity index is 1550. The molecule has 8 N–H and O–H groups in total. The summed E-state index contributed by atoms with van der Waals surface area (Å²) >= 11 is 0. The van der Waals surface area contributed by atoms with Crippen molar-refractivity contribution in [2.45, 2.75) is 202 Å². The molecule has 0 saturated heterocycles. The van der Waals surface area contributed by atoms with Crippen LogP contribution in [-0.4, -0.2) is 89.3 Å². The van der Waals surface area contributed by atoms with Gasteiger partial charge in [-0.25, -0.2) is 0 Å². The van der Waals surface area contributed by atoms with E-state index in [4.69, 9.17) is 10.5 Å². The number of aliphatic hydroxyl groups excluding tert-OH is 2. The van der Waals surface area contributed by atoms with Crippen LogP contribution in [0.15, 0.2) is 0 Å². The topological polar surface area (TPSA) is 209 Å². The average Bonchev–Trinajstić information content (AvgIpc) is 3.54. The molecule has 4 saturated carbocycles. The van der Waals surface area contributed by atoms with Gasteiger partial charge in [-0.1, -0.05) is 76.2 Å². The van der Waals surface area contributed by atoms with Gasteiger partial charge in [0.15, 0.2) is 0 Å². The molecule has 0 aromatic carbocycles. The molecule has 15 atom stereocenters. The number of carbonyl (C=O) groups is 5. The number of aliphatic hydroxyl groups is 2. The van der Waals surface area contributed by atoms with Crippen LogP contribution in [0, 0.1) is 70.0 Å². The van der Waals surface area contributed by atoms with Crippen molar-refractivity contribution in [2.75, 3.05) is 7.11 Å². The van der Waals surface area contributed by atoms with E-state index in [1.807, 2.05) is 55.4 Å². The van der Waals surface area contributed by atoms with E-state index >= 15 is 0 Å². The number of amides is 4. The van der Waals surface area contributed by atoms with Gasteiger partial charge in [0.1, 0.15) is 18.1 Å². The lowest BCUT2D eigenvalue weighted by Gasteiger charge is -2.63. The number of nitrogens with two attached hydrogens (primary N) is 1. The Balaban J connectivity index is 0.0000106. The van der Waals surface area contributed by atoms with E-state index in [0.717, 1.165) is 32.1 Å². The average molecular weight is 911 g/mol. The molecular formula is C49H88ClN5O8. The summed E-state index contributed by atoms with van der Waals surface area (Å²) in [4.78, 5) is 67.0. The fourth-order valence-electron chi connectivity index (χ4n) is 12.8. The minimum absolute atomic E-state index is 0. The SMILES string of the molecule is COC(=O)CCC(C)[C@H]1CCC2C3C(C[C@H](O)[C@@]21C)[C@@]1(C)CC[C@H](NC(=O)C(CC(C)C)NC(=O)C(CC(C)C)NC(=O)C(CC(C)C)NC(=O)C(N)CC(C)C)C[C@H]1C[C@H]3O.Cl. The summed E-state index contributed by atoms with van der Waals surface area (Å²) in [5.41, 5.74) is 5.73. The summed E-state index contributed by atoms with van der Waals surface area (Å²) in [6.45, 7) is 22.6. The quantitative estimate of drug-likeness (QED) is 0.0709. The lowest BCUT2D eigenvalue weighted by Crippen LogP contribution is -2.63. The Morgan fingerprint density at radius 3 is 1.70 bits per heavy atom. The zero-order valence-corrected chi connectivity index (χ0v) is 41.7. The molecule has 0 radical (unpaired) electrons. The summed E-state index contributed by atoms with van der Waals surface area (Å²) in [7, 11) is 1.42. The van der Waals surface area contributed by atoms with Crippen LogP contribution in [0.1, 0.15) is 160 Å². The van der Waals surface area contributed by atoms with Gasteiger partial charge in [0, 0.05) is 12.5 Å². The lowest BCUT2D eigenvalue weighted by atomic mass is 9.43. The maximum absolute atomic E-state index is 14.2. The Morgan fingerprint density at radius 2 is 1.19 bits per heavy atom. The highest BCUT2D eigenvalue weighted by Crippen LogP contribution is 2.68. The van der Waals surface area contributed by atoms with Gasteiger partial charge < -0.3 is 42.0 Å². The molecule has 4 fully saturated rings. The fraction of sp³-hybridized carbons (Fsp3) is 0.898. The molecule has 4 amide bonds. The second kappa shape index (κ2) is 23.3. The molecule has 4 rings (SSSR count). The fourth-order valence-corrected chi connectivity index (χ4v) is 12.8. The molecule has 4 aliphatic carbocycles. The molecule has 4 aliphatic rings. The van der Waals surface area contributed by atoms with Crippen LogP contribution in [-0.2, 0) is 28.7 Å². The van der Waals surface area contributed by atoms with Crippen molar-refractivity contribution in [3.05, 3.63) is 0 Å². The maximum atomic E-state index is 14.2. The first-order valence-corrected chi connectivity index (χ1v) is 24.3. The number of esters is 1. The van der Waals surface area contributed by atoms with Gasteiger partial charge >= 0.3 is 5.97 Å². The highest BCUT2D eigenvalue weighted by molar-refractivity contribution is 5.94. The van der Waals surface area contributed by atoms with Gasteiger partial charge in [-0.2, -0.15) is 0 Å². The van der Waals surface area contributed by atoms with Crippen molar-refractivity contribution in [3.8, 4) is 0 Å². The van der Waals surface area contributed by atoms with Crippen LogP contribution in [0.3, 0.4) is 0 Å². The molecule has 0 heterocycles. The number of methoxy groups -OCH3 is 1. The molecule has 0 aliphatic heterocycles. The number of hydrogen-bond donors (Lipinski definition) is 7. The highest BCUT2D eigenvalue weighted by Gasteiger charge is 2.65. The number of halogens is 1. The van der Waals surface area contributed by atoms with Gasteiger partial charge in [-0.15, -0.1) is 12.4 Å². The second-order valence-corrected chi connectivity index (χ2v) is 22.5. The van der Waals surface area contributed by atoms with Gasteiger partial charge in [0.05, 0.1) is 25.4 Å². The number of fused-ring (bicyclic) bond motifs is 5. The van der Waals surface area contributed by atoms with Gasteiger partial charge in [-0.05, 0) is 147 Å². The van der Waals surface area contributed by atoms with E-state index in [2.05, 4.69) is 42.0 Å². The Hall–Kier alpha value is -2.48. The van der Waals surface area contributed by atoms with Crippen LogP contribution < -0.4 is 27.0 Å². The summed E-state index contributed by atoms with van der Waals surface area (Å²) in [6.07, 6.45) is 7.30. The lowest BCUT2D eigenvalue weighted by molar-refractivity contribution is -0.202. The van der Waals surface area contributed by atoms with Crippen LogP contribution >= 0.6 is 12.4 Å². The molecular weight excluding hydrogens is 822 g/mol. The predicted octanol–water partition coefficient (Wildman–Crippen LogP) is 6.05. The Morgan fingerprint density at radius 1 is 0.683 bits per heavy atom. The van der Waals surface area contributed by atoms with Crippen molar-refractivity contribution in [1.29, 1.82) is 0 Å². The first-order chi connectivity index (χ1) is 28.9. The zero-order valence-electron chi connectivity index (χ0n) is 40.8. The van der Waals surface area contributed by atoms with Crippen LogP contribution in [0.4, 0.5) is 0 Å². The van der Waals surface area contributed by atoms with Crippen molar-refractivity contribution in [3.63, 3.8) is 0 Å². The molecule has 14 heteroatoms. The summed E-state index contributed by atoms with van der Waals surface area (Å²) < 4.78 is 4.91. The van der Waals surface area contributed by atoms with E-state index < -0.39 is 54.1 Å². The van der Waals surface area contributed by atoms with E-state index in [1.165, 1.54) is 7.11 Å². The third-order valence-electron chi connectivity index (χ3n) is 16.0. The smallest absolute Gasteiger partial charge is 0.305 e. The van der Waals surface area contributed by atoms with Crippen molar-refractivity contribution in [1.82, 2.24) is 21.3 Å². The van der Waals surface area contributed by atoms with E-state index in [-0.39, 0.29) is 100 Å². The van der Waals surface area contributed by atoms with Crippen LogP contribution in [0.5, 0.6) is 0 Å². The van der Waals surface area contributed by atoms with Gasteiger partial charge in [0.2, 0.25) is 23.6 Å². The molecule has 63 heavy (non-hydrogen) atoms. The van der Waals surface area contributed by atoms with E-state index in [1.54, 1.807) is 0 Å². The zero-order chi connectivity index (χ0) is 46.4. The predicted molar refractivity (Wildman–Crippen MR) is 249 cm³/mol. The monoisotopic (exact) mass is 910 g/mol. The van der Waals surface area contributed by atoms with Gasteiger partial charge in [-0.3, -0.25) is 24.0 Å². The third-order valence-corrected chi connectivity index (χ3v) is 16.0. The molecule has 0 spiro atoms. The molecule has 0 aromatic heterocycles. The molecule has 0 bridgehead atoms.